The molecule has 0 amide bonds. The van der Waals surface area contributed by atoms with Crippen LogP contribution >= 0.6 is 0 Å². The maximum Gasteiger partial charge on any atom is 0.191 e. The molecule has 1 saturated carbocycles. The first kappa shape index (κ1) is 19.2. The third-order valence-electron chi connectivity index (χ3n) is 4.98. The van der Waals surface area contributed by atoms with Gasteiger partial charge in [0.2, 0.25) is 0 Å². The van der Waals surface area contributed by atoms with Crippen molar-refractivity contribution in [3.63, 3.8) is 0 Å². The molecular formula is C19H27FN4O. The van der Waals surface area contributed by atoms with Crippen LogP contribution in [0.1, 0.15) is 43.2 Å². The van der Waals surface area contributed by atoms with Crippen molar-refractivity contribution in [3.05, 3.63) is 35.1 Å². The van der Waals surface area contributed by atoms with Crippen LogP contribution in [0.4, 0.5) is 4.39 Å². The lowest BCUT2D eigenvalue weighted by atomic mass is 9.83. The van der Waals surface area contributed by atoms with Gasteiger partial charge in [-0.2, -0.15) is 5.26 Å². The van der Waals surface area contributed by atoms with Crippen LogP contribution in [-0.2, 0) is 11.3 Å². The highest BCUT2D eigenvalue weighted by atomic mass is 19.1. The quantitative estimate of drug-likeness (QED) is 0.588. The molecule has 0 heterocycles. The summed E-state index contributed by atoms with van der Waals surface area (Å²) in [6.45, 7) is 1.93. The lowest BCUT2D eigenvalue weighted by Crippen LogP contribution is -2.43. The summed E-state index contributed by atoms with van der Waals surface area (Å²) in [5, 5.41) is 15.3. The third-order valence-corrected chi connectivity index (χ3v) is 4.98. The van der Waals surface area contributed by atoms with Crippen LogP contribution < -0.4 is 10.6 Å². The van der Waals surface area contributed by atoms with Gasteiger partial charge in [0.15, 0.2) is 5.96 Å². The number of ether oxygens (including phenoxy) is 1. The minimum Gasteiger partial charge on any atom is -0.385 e. The molecule has 1 aliphatic carbocycles. The largest absolute Gasteiger partial charge is 0.385 e. The fourth-order valence-corrected chi connectivity index (χ4v) is 3.39. The molecule has 0 aromatic heterocycles. The molecule has 0 bridgehead atoms. The van der Waals surface area contributed by atoms with Crippen molar-refractivity contribution in [3.8, 4) is 6.07 Å². The van der Waals surface area contributed by atoms with Crippen molar-refractivity contribution in [2.75, 3.05) is 27.3 Å². The Morgan fingerprint density at radius 2 is 2.12 bits per heavy atom. The standard InChI is InChI=1S/C19H27FN4O/c1-22-18(23-13-16-6-5-15(12-21)11-17(16)20)24-14-19(9-10-25-2)7-3-4-8-19/h5-6,11H,3-4,7-10,13-14H2,1-2H3,(H2,22,23,24). The van der Waals surface area contributed by atoms with E-state index in [9.17, 15) is 4.39 Å². The number of nitrogens with zero attached hydrogens (tertiary/aromatic N) is 2. The Hall–Kier alpha value is -2.13. The molecule has 2 rings (SSSR count). The Morgan fingerprint density at radius 3 is 2.72 bits per heavy atom. The number of nitrogens with one attached hydrogen (secondary N) is 2. The van der Waals surface area contributed by atoms with Gasteiger partial charge in [0.1, 0.15) is 5.82 Å². The number of guanidine groups is 1. The molecule has 5 nitrogen and oxygen atoms in total. The first-order valence-corrected chi connectivity index (χ1v) is 8.74. The van der Waals surface area contributed by atoms with Gasteiger partial charge in [0, 0.05) is 39.4 Å². The molecule has 1 aliphatic rings. The highest BCUT2D eigenvalue weighted by Gasteiger charge is 2.33. The number of benzene rings is 1. The van der Waals surface area contributed by atoms with E-state index in [2.05, 4.69) is 15.6 Å². The van der Waals surface area contributed by atoms with Gasteiger partial charge in [0.25, 0.3) is 0 Å². The van der Waals surface area contributed by atoms with Gasteiger partial charge in [0.05, 0.1) is 11.6 Å². The molecule has 136 valence electrons. The molecule has 25 heavy (non-hydrogen) atoms. The van der Waals surface area contributed by atoms with Crippen molar-refractivity contribution in [2.45, 2.75) is 38.6 Å². The van der Waals surface area contributed by atoms with E-state index in [1.54, 1.807) is 26.3 Å². The second kappa shape index (κ2) is 9.38. The molecule has 0 radical (unpaired) electrons. The summed E-state index contributed by atoms with van der Waals surface area (Å²) in [4.78, 5) is 4.23. The Kier molecular flexibility index (Phi) is 7.20. The van der Waals surface area contributed by atoms with Crippen molar-refractivity contribution < 1.29 is 9.13 Å². The van der Waals surface area contributed by atoms with Gasteiger partial charge in [-0.15, -0.1) is 0 Å². The van der Waals surface area contributed by atoms with Crippen LogP contribution in [0.3, 0.4) is 0 Å². The second-order valence-corrected chi connectivity index (χ2v) is 6.65. The average Bonchev–Trinajstić information content (AvgIpc) is 3.10. The minimum absolute atomic E-state index is 0.257. The van der Waals surface area contributed by atoms with Crippen LogP contribution in [0, 0.1) is 22.6 Å². The minimum atomic E-state index is -0.380. The van der Waals surface area contributed by atoms with E-state index in [0.29, 0.717) is 23.6 Å². The van der Waals surface area contributed by atoms with E-state index in [0.717, 1.165) is 19.6 Å². The second-order valence-electron chi connectivity index (χ2n) is 6.65. The summed E-state index contributed by atoms with van der Waals surface area (Å²) in [5.41, 5.74) is 1.09. The maximum atomic E-state index is 14.0. The van der Waals surface area contributed by atoms with Gasteiger partial charge >= 0.3 is 0 Å². The summed E-state index contributed by atoms with van der Waals surface area (Å²) in [7, 11) is 3.45. The molecular weight excluding hydrogens is 319 g/mol. The fourth-order valence-electron chi connectivity index (χ4n) is 3.39. The zero-order valence-electron chi connectivity index (χ0n) is 15.1. The average molecular weight is 346 g/mol. The van der Waals surface area contributed by atoms with Crippen LogP contribution in [0.15, 0.2) is 23.2 Å². The molecule has 1 aromatic rings. The summed E-state index contributed by atoms with van der Waals surface area (Å²) in [5.74, 6) is 0.279. The van der Waals surface area contributed by atoms with E-state index in [1.165, 1.54) is 31.7 Å². The third kappa shape index (κ3) is 5.43. The van der Waals surface area contributed by atoms with Gasteiger partial charge in [-0.05, 0) is 36.8 Å². The molecule has 0 aliphatic heterocycles. The summed E-state index contributed by atoms with van der Waals surface area (Å²) in [6, 6.07) is 6.44. The molecule has 0 atom stereocenters. The van der Waals surface area contributed by atoms with Crippen LogP contribution in [0.5, 0.6) is 0 Å². The topological polar surface area (TPSA) is 69.4 Å². The van der Waals surface area contributed by atoms with Crippen LogP contribution in [0.2, 0.25) is 0 Å². The maximum absolute atomic E-state index is 14.0. The monoisotopic (exact) mass is 346 g/mol. The molecule has 6 heteroatoms. The van der Waals surface area contributed by atoms with Gasteiger partial charge in [-0.25, -0.2) is 4.39 Å². The van der Waals surface area contributed by atoms with Crippen LogP contribution in [0.25, 0.3) is 0 Å². The van der Waals surface area contributed by atoms with Crippen molar-refractivity contribution in [1.29, 1.82) is 5.26 Å². The highest BCUT2D eigenvalue weighted by Crippen LogP contribution is 2.40. The SMILES string of the molecule is CN=C(NCc1ccc(C#N)cc1F)NCC1(CCOC)CCCC1. The van der Waals surface area contributed by atoms with Gasteiger partial charge in [-0.1, -0.05) is 18.9 Å². The predicted octanol–water partition coefficient (Wildman–Crippen LogP) is 2.96. The number of hydrogen-bond acceptors (Lipinski definition) is 3. The van der Waals surface area contributed by atoms with E-state index in [1.807, 2.05) is 6.07 Å². The number of aliphatic imine (C=N–C) groups is 1. The van der Waals surface area contributed by atoms with Crippen molar-refractivity contribution >= 4 is 5.96 Å². The summed E-state index contributed by atoms with van der Waals surface area (Å²) in [6.07, 6.45) is 5.95. The van der Waals surface area contributed by atoms with Crippen LogP contribution in [-0.4, -0.2) is 33.3 Å². The summed E-state index contributed by atoms with van der Waals surface area (Å²) < 4.78 is 19.2. The molecule has 2 N–H and O–H groups in total. The Balaban J connectivity index is 1.89. The predicted molar refractivity (Wildman–Crippen MR) is 96.7 cm³/mol. The number of rotatable bonds is 7. The van der Waals surface area contributed by atoms with Gasteiger partial charge < -0.3 is 15.4 Å². The smallest absolute Gasteiger partial charge is 0.191 e. The number of nitriles is 1. The number of hydrogen-bond donors (Lipinski definition) is 2. The Morgan fingerprint density at radius 1 is 1.36 bits per heavy atom. The van der Waals surface area contributed by atoms with Crippen molar-refractivity contribution in [2.24, 2.45) is 10.4 Å². The Labute approximate surface area is 149 Å². The molecule has 0 saturated heterocycles. The van der Waals surface area contributed by atoms with Gasteiger partial charge in [-0.3, -0.25) is 4.99 Å². The Bertz CT molecular complexity index is 633. The fraction of sp³-hybridized carbons (Fsp3) is 0.579. The number of methoxy groups -OCH3 is 1. The van der Waals surface area contributed by atoms with Crippen molar-refractivity contribution in [1.82, 2.24) is 10.6 Å². The zero-order chi connectivity index (χ0) is 18.1. The summed E-state index contributed by atoms with van der Waals surface area (Å²) >= 11 is 0. The molecule has 0 unspecified atom stereocenters. The molecule has 1 aromatic carbocycles. The normalized spacial score (nSPS) is 16.5. The molecule has 1 fully saturated rings. The molecule has 0 spiro atoms. The lowest BCUT2D eigenvalue weighted by molar-refractivity contribution is 0.138. The van der Waals surface area contributed by atoms with E-state index >= 15 is 0 Å². The van der Waals surface area contributed by atoms with E-state index < -0.39 is 0 Å². The highest BCUT2D eigenvalue weighted by molar-refractivity contribution is 5.79. The first-order valence-electron chi connectivity index (χ1n) is 8.74. The van der Waals surface area contributed by atoms with E-state index in [4.69, 9.17) is 10.00 Å². The first-order chi connectivity index (χ1) is 12.1. The lowest BCUT2D eigenvalue weighted by Gasteiger charge is -2.30. The number of halogens is 1. The van der Waals surface area contributed by atoms with E-state index in [-0.39, 0.29) is 11.2 Å². The zero-order valence-corrected chi connectivity index (χ0v) is 15.1.